The molecular weight excluding hydrogens is 530 g/mol. The topological polar surface area (TPSA) is 122 Å². The molecule has 0 aliphatic carbocycles. The van der Waals surface area contributed by atoms with E-state index < -0.39 is 5.91 Å². The van der Waals surface area contributed by atoms with Gasteiger partial charge in [-0.1, -0.05) is 42.5 Å². The van der Waals surface area contributed by atoms with Crippen LogP contribution in [0.2, 0.25) is 0 Å². The normalized spacial score (nSPS) is 10.8. The van der Waals surface area contributed by atoms with Crippen molar-refractivity contribution in [1.29, 1.82) is 5.26 Å². The zero-order valence-corrected chi connectivity index (χ0v) is 21.3. The predicted molar refractivity (Wildman–Crippen MR) is 146 cm³/mol. The number of nitrogens with one attached hydrogen (secondary N) is 1. The van der Waals surface area contributed by atoms with Crippen molar-refractivity contribution in [2.45, 2.75) is 19.4 Å². The SMILES string of the molecule is N#CCCc1cc(-c2ccc(-c3cc(NCc4cccnc4)n4ncc(Br)c4n3)cc2)ccc1C(N)=O. The van der Waals surface area contributed by atoms with E-state index >= 15 is 0 Å². The first-order chi connectivity index (χ1) is 18.0. The molecule has 37 heavy (non-hydrogen) atoms. The molecule has 0 radical (unpaired) electrons. The van der Waals surface area contributed by atoms with Crippen LogP contribution in [0.4, 0.5) is 5.82 Å². The second kappa shape index (κ2) is 10.6. The molecule has 3 aromatic heterocycles. The lowest BCUT2D eigenvalue weighted by Crippen LogP contribution is -2.13. The first-order valence-electron chi connectivity index (χ1n) is 11.6. The predicted octanol–water partition coefficient (Wildman–Crippen LogP) is 5.39. The molecule has 3 N–H and O–H groups in total. The Balaban J connectivity index is 1.46. The van der Waals surface area contributed by atoms with Crippen molar-refractivity contribution in [3.05, 3.63) is 100 Å². The molecule has 0 spiro atoms. The van der Waals surface area contributed by atoms with Gasteiger partial charge in [-0.15, -0.1) is 0 Å². The average Bonchev–Trinajstić information content (AvgIpc) is 3.31. The van der Waals surface area contributed by atoms with E-state index in [4.69, 9.17) is 16.0 Å². The second-order valence-corrected chi connectivity index (χ2v) is 9.30. The molecule has 5 rings (SSSR count). The van der Waals surface area contributed by atoms with Gasteiger partial charge in [-0.25, -0.2) is 4.98 Å². The highest BCUT2D eigenvalue weighted by Gasteiger charge is 2.13. The molecular formula is C28H22BrN7O. The van der Waals surface area contributed by atoms with Crippen LogP contribution in [0.25, 0.3) is 28.0 Å². The van der Waals surface area contributed by atoms with Gasteiger partial charge in [-0.3, -0.25) is 9.78 Å². The van der Waals surface area contributed by atoms with Gasteiger partial charge in [-0.2, -0.15) is 14.9 Å². The Morgan fingerprint density at radius 2 is 1.84 bits per heavy atom. The molecule has 0 aliphatic rings. The number of rotatable bonds is 8. The molecule has 0 aliphatic heterocycles. The highest BCUT2D eigenvalue weighted by molar-refractivity contribution is 9.10. The van der Waals surface area contributed by atoms with Crippen molar-refractivity contribution in [2.24, 2.45) is 5.73 Å². The molecule has 5 aromatic rings. The Bertz CT molecular complexity index is 1620. The van der Waals surface area contributed by atoms with E-state index in [2.05, 4.69) is 37.4 Å². The lowest BCUT2D eigenvalue weighted by molar-refractivity contribution is 0.0999. The fourth-order valence-electron chi connectivity index (χ4n) is 4.15. The number of primary amides is 1. The Morgan fingerprint density at radius 1 is 1.05 bits per heavy atom. The van der Waals surface area contributed by atoms with Crippen LogP contribution in [0.5, 0.6) is 0 Å². The number of carbonyl (C=O) groups excluding carboxylic acids is 1. The van der Waals surface area contributed by atoms with Crippen molar-refractivity contribution in [1.82, 2.24) is 19.6 Å². The van der Waals surface area contributed by atoms with Gasteiger partial charge >= 0.3 is 0 Å². The van der Waals surface area contributed by atoms with Crippen LogP contribution in [0, 0.1) is 11.3 Å². The number of pyridine rings is 1. The third-order valence-electron chi connectivity index (χ3n) is 6.02. The van der Waals surface area contributed by atoms with Gasteiger partial charge in [0.1, 0.15) is 5.82 Å². The van der Waals surface area contributed by atoms with Crippen LogP contribution < -0.4 is 11.1 Å². The van der Waals surface area contributed by atoms with Gasteiger partial charge in [-0.05, 0) is 56.7 Å². The fraction of sp³-hybridized carbons (Fsp3) is 0.107. The number of halogens is 1. The number of amides is 1. The van der Waals surface area contributed by atoms with Crippen molar-refractivity contribution in [2.75, 3.05) is 5.32 Å². The van der Waals surface area contributed by atoms with Crippen molar-refractivity contribution in [3.8, 4) is 28.5 Å². The number of aryl methyl sites for hydroxylation is 1. The van der Waals surface area contributed by atoms with E-state index in [1.807, 2.05) is 60.8 Å². The maximum Gasteiger partial charge on any atom is 0.248 e. The first-order valence-corrected chi connectivity index (χ1v) is 12.4. The molecule has 0 saturated heterocycles. The summed E-state index contributed by atoms with van der Waals surface area (Å²) < 4.78 is 2.57. The number of hydrogen-bond donors (Lipinski definition) is 2. The van der Waals surface area contributed by atoms with Crippen molar-refractivity contribution < 1.29 is 4.79 Å². The summed E-state index contributed by atoms with van der Waals surface area (Å²) in [6.07, 6.45) is 6.09. The van der Waals surface area contributed by atoms with Crippen LogP contribution in [0.1, 0.15) is 27.9 Å². The number of nitrogens with zero attached hydrogens (tertiary/aromatic N) is 5. The monoisotopic (exact) mass is 551 g/mol. The summed E-state index contributed by atoms with van der Waals surface area (Å²) in [7, 11) is 0. The minimum atomic E-state index is -0.490. The molecule has 2 aromatic carbocycles. The summed E-state index contributed by atoms with van der Waals surface area (Å²) in [5, 5.41) is 16.9. The number of benzene rings is 2. The lowest BCUT2D eigenvalue weighted by atomic mass is 9.95. The Hall–Kier alpha value is -4.55. The molecule has 0 atom stereocenters. The Labute approximate surface area is 221 Å². The summed E-state index contributed by atoms with van der Waals surface area (Å²) in [6, 6.07) is 21.6. The van der Waals surface area contributed by atoms with E-state index in [1.54, 1.807) is 23.0 Å². The van der Waals surface area contributed by atoms with Gasteiger partial charge in [0.05, 0.1) is 22.4 Å². The standard InChI is InChI=1S/C28H22BrN7O/c29-24-17-34-36-26(33-16-18-3-2-12-32-15-18)14-25(35-28(24)36)20-7-5-19(6-8-20)21-9-10-23(27(31)37)22(13-21)4-1-11-30/h2-3,5-10,12-15,17,33H,1,4,16H2,(H2,31,37). The highest BCUT2D eigenvalue weighted by atomic mass is 79.9. The van der Waals surface area contributed by atoms with E-state index in [9.17, 15) is 4.79 Å². The maximum absolute atomic E-state index is 11.8. The van der Waals surface area contributed by atoms with Crippen LogP contribution in [0.15, 0.2) is 83.7 Å². The van der Waals surface area contributed by atoms with Crippen LogP contribution >= 0.6 is 15.9 Å². The number of nitriles is 1. The van der Waals surface area contributed by atoms with Gasteiger partial charge < -0.3 is 11.1 Å². The van der Waals surface area contributed by atoms with Crippen molar-refractivity contribution >= 4 is 33.3 Å². The van der Waals surface area contributed by atoms with E-state index in [-0.39, 0.29) is 0 Å². The summed E-state index contributed by atoms with van der Waals surface area (Å²) in [6.45, 7) is 0.595. The van der Waals surface area contributed by atoms with Crippen molar-refractivity contribution in [3.63, 3.8) is 0 Å². The number of hydrogen-bond acceptors (Lipinski definition) is 6. The number of carbonyl (C=O) groups is 1. The zero-order chi connectivity index (χ0) is 25.8. The lowest BCUT2D eigenvalue weighted by Gasteiger charge is -2.12. The average molecular weight is 552 g/mol. The third kappa shape index (κ3) is 5.20. The quantitative estimate of drug-likeness (QED) is 0.266. The summed E-state index contributed by atoms with van der Waals surface area (Å²) in [5.41, 5.74) is 12.2. The first kappa shape index (κ1) is 24.2. The molecule has 0 unspecified atom stereocenters. The van der Waals surface area contributed by atoms with E-state index in [0.29, 0.717) is 30.6 Å². The largest absolute Gasteiger partial charge is 0.366 e. The Kier molecular flexibility index (Phi) is 6.92. The minimum absolute atomic E-state index is 0.318. The molecule has 0 bridgehead atoms. The Morgan fingerprint density at radius 3 is 2.57 bits per heavy atom. The van der Waals surface area contributed by atoms with Gasteiger partial charge in [0, 0.05) is 42.6 Å². The smallest absolute Gasteiger partial charge is 0.248 e. The molecule has 182 valence electrons. The third-order valence-corrected chi connectivity index (χ3v) is 6.58. The van der Waals surface area contributed by atoms with Crippen LogP contribution in [-0.2, 0) is 13.0 Å². The van der Waals surface area contributed by atoms with E-state index in [0.717, 1.165) is 43.8 Å². The number of aromatic nitrogens is 4. The zero-order valence-electron chi connectivity index (χ0n) is 19.7. The minimum Gasteiger partial charge on any atom is -0.366 e. The summed E-state index contributed by atoms with van der Waals surface area (Å²) in [4.78, 5) is 20.8. The molecule has 0 saturated carbocycles. The molecule has 0 fully saturated rings. The van der Waals surface area contributed by atoms with E-state index in [1.165, 1.54) is 0 Å². The number of fused-ring (bicyclic) bond motifs is 1. The molecule has 9 heteroatoms. The molecule has 8 nitrogen and oxygen atoms in total. The highest BCUT2D eigenvalue weighted by Crippen LogP contribution is 2.29. The van der Waals surface area contributed by atoms with Gasteiger partial charge in [0.2, 0.25) is 5.91 Å². The van der Waals surface area contributed by atoms with Gasteiger partial charge in [0.15, 0.2) is 5.65 Å². The van der Waals surface area contributed by atoms with Gasteiger partial charge in [0.25, 0.3) is 0 Å². The molecule has 3 heterocycles. The number of nitrogens with two attached hydrogens (primary N) is 1. The van der Waals surface area contributed by atoms with Crippen LogP contribution in [0.3, 0.4) is 0 Å². The summed E-state index contributed by atoms with van der Waals surface area (Å²) in [5.74, 6) is 0.318. The fourth-order valence-corrected chi connectivity index (χ4v) is 4.50. The number of anilines is 1. The summed E-state index contributed by atoms with van der Waals surface area (Å²) >= 11 is 3.55. The molecule has 1 amide bonds. The van der Waals surface area contributed by atoms with Crippen LogP contribution in [-0.4, -0.2) is 25.5 Å². The second-order valence-electron chi connectivity index (χ2n) is 8.44. The maximum atomic E-state index is 11.8.